The lowest BCUT2D eigenvalue weighted by Crippen LogP contribution is -2.38. The Kier molecular flexibility index (Phi) is 3.33. The largest absolute Gasteiger partial charge is 0.333 e. The van der Waals surface area contributed by atoms with Crippen LogP contribution in [0.4, 0.5) is 0 Å². The van der Waals surface area contributed by atoms with Crippen LogP contribution < -0.4 is 0 Å². The van der Waals surface area contributed by atoms with Crippen molar-refractivity contribution in [2.75, 3.05) is 6.54 Å². The second-order valence-corrected chi connectivity index (χ2v) is 6.10. The fourth-order valence-corrected chi connectivity index (χ4v) is 3.17. The topological polar surface area (TPSA) is 51.0 Å². The molecule has 0 N–H and O–H groups in total. The summed E-state index contributed by atoms with van der Waals surface area (Å²) in [5.41, 5.74) is 0. The van der Waals surface area contributed by atoms with Gasteiger partial charge in [-0.2, -0.15) is 5.10 Å². The predicted octanol–water partition coefficient (Wildman–Crippen LogP) is 1.62. The van der Waals surface area contributed by atoms with Gasteiger partial charge in [-0.15, -0.1) is 11.3 Å². The van der Waals surface area contributed by atoms with Crippen LogP contribution in [0.1, 0.15) is 22.0 Å². The normalized spacial score (nSPS) is 14.5. The van der Waals surface area contributed by atoms with Crippen molar-refractivity contribution in [1.29, 1.82) is 0 Å². The molecule has 0 atom stereocenters. The minimum atomic E-state index is 0.209. The van der Waals surface area contributed by atoms with E-state index in [4.69, 9.17) is 0 Å². The van der Waals surface area contributed by atoms with Crippen molar-refractivity contribution in [3.05, 3.63) is 34.0 Å². The molecule has 0 aliphatic carbocycles. The van der Waals surface area contributed by atoms with Gasteiger partial charge in [-0.05, 0) is 25.5 Å². The average molecular weight is 276 g/mol. The Morgan fingerprint density at radius 2 is 2.32 bits per heavy atom. The molecule has 0 saturated heterocycles. The highest BCUT2D eigenvalue weighted by Gasteiger charge is 2.21. The van der Waals surface area contributed by atoms with Gasteiger partial charge in [0.2, 0.25) is 5.91 Å². The van der Waals surface area contributed by atoms with Crippen LogP contribution in [0.15, 0.2) is 18.5 Å². The fourth-order valence-electron chi connectivity index (χ4n) is 2.28. The molecule has 1 aliphatic rings. The van der Waals surface area contributed by atoms with E-state index in [1.54, 1.807) is 17.7 Å². The zero-order valence-corrected chi connectivity index (χ0v) is 11.7. The maximum Gasteiger partial charge on any atom is 0.223 e. The summed E-state index contributed by atoms with van der Waals surface area (Å²) in [6.45, 7) is 4.16. The molecule has 1 amide bonds. The molecule has 1 aliphatic heterocycles. The Balaban J connectivity index is 1.57. The van der Waals surface area contributed by atoms with Crippen LogP contribution in [0.5, 0.6) is 0 Å². The first kappa shape index (κ1) is 12.3. The Morgan fingerprint density at radius 1 is 1.42 bits per heavy atom. The third-order valence-corrected chi connectivity index (χ3v) is 4.40. The minimum absolute atomic E-state index is 0.209. The van der Waals surface area contributed by atoms with Gasteiger partial charge in [0.1, 0.15) is 12.2 Å². The quantitative estimate of drug-likeness (QED) is 0.856. The van der Waals surface area contributed by atoms with E-state index in [2.05, 4.69) is 29.1 Å². The first-order valence-corrected chi connectivity index (χ1v) is 7.24. The number of amides is 1. The molecule has 2 aromatic heterocycles. The SMILES string of the molecule is Cc1ccc(CCC(=O)N2CCn3ncnc3C2)s1. The van der Waals surface area contributed by atoms with Gasteiger partial charge >= 0.3 is 0 Å². The zero-order chi connectivity index (χ0) is 13.2. The molecule has 2 aromatic rings. The van der Waals surface area contributed by atoms with Crippen molar-refractivity contribution in [3.63, 3.8) is 0 Å². The number of rotatable bonds is 3. The molecule has 5 nitrogen and oxygen atoms in total. The van der Waals surface area contributed by atoms with Crippen molar-refractivity contribution in [1.82, 2.24) is 19.7 Å². The second kappa shape index (κ2) is 5.13. The average Bonchev–Trinajstić information content (AvgIpc) is 3.03. The van der Waals surface area contributed by atoms with E-state index in [9.17, 15) is 4.79 Å². The lowest BCUT2D eigenvalue weighted by atomic mass is 10.2. The number of carbonyl (C=O) groups excluding carboxylic acids is 1. The van der Waals surface area contributed by atoms with E-state index in [0.29, 0.717) is 13.0 Å². The van der Waals surface area contributed by atoms with Crippen molar-refractivity contribution >= 4 is 17.2 Å². The number of hydrogen-bond acceptors (Lipinski definition) is 4. The molecule has 0 unspecified atom stereocenters. The third-order valence-electron chi connectivity index (χ3n) is 3.34. The minimum Gasteiger partial charge on any atom is -0.333 e. The van der Waals surface area contributed by atoms with Crippen molar-refractivity contribution < 1.29 is 4.79 Å². The fraction of sp³-hybridized carbons (Fsp3) is 0.462. The van der Waals surface area contributed by atoms with Crippen LogP contribution in [0.2, 0.25) is 0 Å². The van der Waals surface area contributed by atoms with Gasteiger partial charge in [0, 0.05) is 22.7 Å². The number of aryl methyl sites for hydroxylation is 2. The Hall–Kier alpha value is -1.69. The summed E-state index contributed by atoms with van der Waals surface area (Å²) in [6, 6.07) is 4.22. The lowest BCUT2D eigenvalue weighted by molar-refractivity contribution is -0.132. The highest BCUT2D eigenvalue weighted by atomic mass is 32.1. The summed E-state index contributed by atoms with van der Waals surface area (Å²) in [6.07, 6.45) is 2.96. The highest BCUT2D eigenvalue weighted by Crippen LogP contribution is 2.18. The first-order chi connectivity index (χ1) is 9.22. The van der Waals surface area contributed by atoms with Crippen LogP contribution in [0, 0.1) is 6.92 Å². The Bertz CT molecular complexity index is 589. The highest BCUT2D eigenvalue weighted by molar-refractivity contribution is 7.11. The molecule has 0 saturated carbocycles. The van der Waals surface area contributed by atoms with Crippen LogP contribution in [-0.2, 0) is 24.3 Å². The molecule has 3 rings (SSSR count). The Morgan fingerprint density at radius 3 is 3.11 bits per heavy atom. The molecule has 0 bridgehead atoms. The van der Waals surface area contributed by atoms with E-state index < -0.39 is 0 Å². The van der Waals surface area contributed by atoms with E-state index in [1.807, 2.05) is 9.58 Å². The summed E-state index contributed by atoms with van der Waals surface area (Å²) in [5, 5.41) is 4.12. The molecular weight excluding hydrogens is 260 g/mol. The molecular formula is C13H16N4OS. The van der Waals surface area contributed by atoms with E-state index in [1.165, 1.54) is 9.75 Å². The smallest absolute Gasteiger partial charge is 0.223 e. The number of thiophene rings is 1. The van der Waals surface area contributed by atoms with Gasteiger partial charge in [-0.3, -0.25) is 4.79 Å². The number of carbonyl (C=O) groups is 1. The maximum atomic E-state index is 12.2. The Labute approximate surface area is 115 Å². The summed E-state index contributed by atoms with van der Waals surface area (Å²) in [4.78, 5) is 20.8. The first-order valence-electron chi connectivity index (χ1n) is 6.42. The predicted molar refractivity (Wildman–Crippen MR) is 72.8 cm³/mol. The molecule has 0 aromatic carbocycles. The number of hydrogen-bond donors (Lipinski definition) is 0. The standard InChI is InChI=1S/C13H16N4OS/c1-10-2-3-11(19-10)4-5-13(18)16-6-7-17-12(8-16)14-9-15-17/h2-3,9H,4-8H2,1H3. The van der Waals surface area contributed by atoms with Crippen LogP contribution in [0.3, 0.4) is 0 Å². The van der Waals surface area contributed by atoms with Gasteiger partial charge in [0.15, 0.2) is 0 Å². The van der Waals surface area contributed by atoms with Gasteiger partial charge < -0.3 is 4.90 Å². The molecule has 100 valence electrons. The van der Waals surface area contributed by atoms with Gasteiger partial charge in [0.25, 0.3) is 0 Å². The van der Waals surface area contributed by atoms with E-state index >= 15 is 0 Å². The maximum absolute atomic E-state index is 12.2. The molecule has 0 spiro atoms. The summed E-state index contributed by atoms with van der Waals surface area (Å²) >= 11 is 1.77. The molecule has 19 heavy (non-hydrogen) atoms. The lowest BCUT2D eigenvalue weighted by Gasteiger charge is -2.26. The van der Waals surface area contributed by atoms with Gasteiger partial charge in [0.05, 0.1) is 13.1 Å². The van der Waals surface area contributed by atoms with Crippen molar-refractivity contribution in [3.8, 4) is 0 Å². The molecule has 6 heteroatoms. The van der Waals surface area contributed by atoms with E-state index in [0.717, 1.165) is 25.3 Å². The number of nitrogens with zero attached hydrogens (tertiary/aromatic N) is 4. The number of fused-ring (bicyclic) bond motifs is 1. The van der Waals surface area contributed by atoms with Crippen LogP contribution in [-0.4, -0.2) is 32.1 Å². The summed E-state index contributed by atoms with van der Waals surface area (Å²) in [5.74, 6) is 1.09. The van der Waals surface area contributed by atoms with Crippen LogP contribution in [0.25, 0.3) is 0 Å². The van der Waals surface area contributed by atoms with Crippen molar-refractivity contribution in [2.24, 2.45) is 0 Å². The number of aromatic nitrogens is 3. The van der Waals surface area contributed by atoms with E-state index in [-0.39, 0.29) is 5.91 Å². The van der Waals surface area contributed by atoms with Crippen molar-refractivity contribution in [2.45, 2.75) is 32.9 Å². The molecule has 0 radical (unpaired) electrons. The molecule has 3 heterocycles. The summed E-state index contributed by atoms with van der Waals surface area (Å²) < 4.78 is 1.87. The van der Waals surface area contributed by atoms with Gasteiger partial charge in [-0.1, -0.05) is 0 Å². The third kappa shape index (κ3) is 2.68. The molecule has 0 fully saturated rings. The monoisotopic (exact) mass is 276 g/mol. The second-order valence-electron chi connectivity index (χ2n) is 4.73. The zero-order valence-electron chi connectivity index (χ0n) is 10.9. The summed E-state index contributed by atoms with van der Waals surface area (Å²) in [7, 11) is 0. The van der Waals surface area contributed by atoms with Crippen LogP contribution >= 0.6 is 11.3 Å². The van der Waals surface area contributed by atoms with Gasteiger partial charge in [-0.25, -0.2) is 9.67 Å².